The maximum Gasteiger partial charge on any atom is 0.354 e. The molecule has 10 heteroatoms. The third-order valence-corrected chi connectivity index (χ3v) is 7.87. The number of halogens is 1. The van der Waals surface area contributed by atoms with Gasteiger partial charge in [0.15, 0.2) is 0 Å². The van der Waals surface area contributed by atoms with Gasteiger partial charge in [-0.1, -0.05) is 33.4 Å². The molecular formula is C30H35FN6O3. The van der Waals surface area contributed by atoms with Gasteiger partial charge in [-0.3, -0.25) is 14.3 Å². The second-order valence-corrected chi connectivity index (χ2v) is 10.6. The van der Waals surface area contributed by atoms with Gasteiger partial charge in [-0.05, 0) is 49.1 Å². The molecule has 3 aromatic rings. The minimum Gasteiger partial charge on any atom is -0.506 e. The van der Waals surface area contributed by atoms with E-state index >= 15 is 4.39 Å². The molecule has 40 heavy (non-hydrogen) atoms. The van der Waals surface area contributed by atoms with Gasteiger partial charge in [0.2, 0.25) is 5.91 Å². The van der Waals surface area contributed by atoms with E-state index in [0.717, 1.165) is 16.8 Å². The lowest BCUT2D eigenvalue weighted by atomic mass is 10.0. The average molecular weight is 547 g/mol. The molecule has 210 valence electrons. The maximum absolute atomic E-state index is 15.2. The molecular weight excluding hydrogens is 511 g/mol. The van der Waals surface area contributed by atoms with Gasteiger partial charge in [0.05, 0.1) is 29.7 Å². The number of amides is 1. The SMILES string of the molecule is C=CC(=O)N1CCN(c2nc(=O)n(-c3c(C)ccnc3C(C)C)c3c2C(CC)N(c2c(O)cccc2F)C3)CC1. The summed E-state index contributed by atoms with van der Waals surface area (Å²) in [6, 6.07) is 5.79. The summed E-state index contributed by atoms with van der Waals surface area (Å²) in [7, 11) is 0. The molecule has 1 N–H and O–H groups in total. The van der Waals surface area contributed by atoms with Crippen LogP contribution in [0.4, 0.5) is 15.9 Å². The number of pyridine rings is 1. The van der Waals surface area contributed by atoms with Crippen molar-refractivity contribution in [3.8, 4) is 11.4 Å². The van der Waals surface area contributed by atoms with Crippen molar-refractivity contribution < 1.29 is 14.3 Å². The van der Waals surface area contributed by atoms with Crippen molar-refractivity contribution in [2.24, 2.45) is 0 Å². The normalized spacial score (nSPS) is 16.9. The van der Waals surface area contributed by atoms with E-state index in [-0.39, 0.29) is 35.8 Å². The molecule has 1 aromatic carbocycles. The number of anilines is 2. The second kappa shape index (κ2) is 10.7. The van der Waals surface area contributed by atoms with Crippen LogP contribution in [0.1, 0.15) is 61.7 Å². The van der Waals surface area contributed by atoms with Crippen molar-refractivity contribution in [2.75, 3.05) is 36.0 Å². The fourth-order valence-electron chi connectivity index (χ4n) is 5.96. The minimum atomic E-state index is -0.536. The number of aryl methyl sites for hydroxylation is 1. The molecule has 5 rings (SSSR count). The molecule has 2 aliphatic rings. The summed E-state index contributed by atoms with van der Waals surface area (Å²) in [4.78, 5) is 41.0. The Hall–Kier alpha value is -4.21. The molecule has 9 nitrogen and oxygen atoms in total. The fraction of sp³-hybridized carbons (Fsp3) is 0.400. The maximum atomic E-state index is 15.2. The van der Waals surface area contributed by atoms with Gasteiger partial charge in [-0.25, -0.2) is 9.18 Å². The number of hydrogen-bond acceptors (Lipinski definition) is 7. The largest absolute Gasteiger partial charge is 0.506 e. The van der Waals surface area contributed by atoms with Crippen LogP contribution in [0.25, 0.3) is 5.69 Å². The number of phenolic OH excluding ortho intramolecular Hbond substituents is 1. The van der Waals surface area contributed by atoms with Crippen LogP contribution in [-0.2, 0) is 11.3 Å². The van der Waals surface area contributed by atoms with Crippen LogP contribution in [0, 0.1) is 12.7 Å². The summed E-state index contributed by atoms with van der Waals surface area (Å²) in [5.74, 6) is -0.241. The van der Waals surface area contributed by atoms with Crippen LogP contribution in [0.5, 0.6) is 5.75 Å². The number of carbonyl (C=O) groups excluding carboxylic acids is 1. The van der Waals surface area contributed by atoms with Gasteiger partial charge in [0.1, 0.15) is 23.1 Å². The lowest BCUT2D eigenvalue weighted by Crippen LogP contribution is -2.49. The number of benzene rings is 1. The van der Waals surface area contributed by atoms with E-state index in [1.165, 1.54) is 24.3 Å². The Balaban J connectivity index is 1.73. The molecule has 0 aliphatic carbocycles. The van der Waals surface area contributed by atoms with Crippen LogP contribution in [0.15, 0.2) is 47.9 Å². The zero-order chi connectivity index (χ0) is 28.7. The summed E-state index contributed by atoms with van der Waals surface area (Å²) in [5, 5.41) is 10.7. The lowest BCUT2D eigenvalue weighted by molar-refractivity contribution is -0.126. The standard InChI is InChI=1S/C30H35FN6O3/c1-6-21-25-22(17-36(21)28-20(31)9-8-10-23(28)38)37(27-19(5)11-12-32-26(27)18(3)4)30(40)33-29(25)35-15-13-34(14-16-35)24(39)7-2/h7-12,18,21,38H,2,6,13-17H2,1,3-5H3. The predicted molar refractivity (Wildman–Crippen MR) is 153 cm³/mol. The number of hydrogen-bond donors (Lipinski definition) is 1. The first kappa shape index (κ1) is 27.4. The number of carbonyl (C=O) groups is 1. The zero-order valence-corrected chi connectivity index (χ0v) is 23.4. The van der Waals surface area contributed by atoms with Gasteiger partial charge in [0, 0.05) is 37.9 Å². The molecule has 0 bridgehead atoms. The third-order valence-electron chi connectivity index (χ3n) is 7.87. The van der Waals surface area contributed by atoms with Gasteiger partial charge >= 0.3 is 5.69 Å². The predicted octanol–water partition coefficient (Wildman–Crippen LogP) is 4.21. The summed E-state index contributed by atoms with van der Waals surface area (Å²) in [5.41, 5.74) is 3.53. The molecule has 1 fully saturated rings. The Labute approximate surface area is 233 Å². The van der Waals surface area contributed by atoms with Crippen molar-refractivity contribution >= 4 is 17.4 Å². The van der Waals surface area contributed by atoms with Crippen LogP contribution >= 0.6 is 0 Å². The Bertz CT molecular complexity index is 1510. The summed E-state index contributed by atoms with van der Waals surface area (Å²) >= 11 is 0. The highest BCUT2D eigenvalue weighted by molar-refractivity contribution is 5.87. The first-order valence-electron chi connectivity index (χ1n) is 13.7. The number of para-hydroxylation sites is 1. The number of fused-ring (bicyclic) bond motifs is 1. The first-order chi connectivity index (χ1) is 19.2. The van der Waals surface area contributed by atoms with Crippen LogP contribution in [0.3, 0.4) is 0 Å². The van der Waals surface area contributed by atoms with E-state index in [0.29, 0.717) is 49.8 Å². The molecule has 2 aliphatic heterocycles. The summed E-state index contributed by atoms with van der Waals surface area (Å²) in [6.45, 7) is 13.7. The number of phenols is 1. The second-order valence-electron chi connectivity index (χ2n) is 10.6. The molecule has 1 amide bonds. The van der Waals surface area contributed by atoms with Gasteiger partial charge in [-0.15, -0.1) is 0 Å². The number of nitrogens with zero attached hydrogens (tertiary/aromatic N) is 6. The summed E-state index contributed by atoms with van der Waals surface area (Å²) in [6.07, 6.45) is 3.64. The van der Waals surface area contributed by atoms with E-state index < -0.39 is 11.5 Å². The van der Waals surface area contributed by atoms with Gasteiger partial charge in [0.25, 0.3) is 0 Å². The third kappa shape index (κ3) is 4.51. The molecule has 4 heterocycles. The van der Waals surface area contributed by atoms with E-state index in [9.17, 15) is 14.7 Å². The molecule has 1 saturated heterocycles. The first-order valence-corrected chi connectivity index (χ1v) is 13.7. The van der Waals surface area contributed by atoms with Crippen molar-refractivity contribution in [3.63, 3.8) is 0 Å². The van der Waals surface area contributed by atoms with Crippen molar-refractivity contribution in [1.82, 2.24) is 19.4 Å². The quantitative estimate of drug-likeness (QED) is 0.463. The summed E-state index contributed by atoms with van der Waals surface area (Å²) < 4.78 is 16.9. The Morgan fingerprint density at radius 2 is 1.93 bits per heavy atom. The zero-order valence-electron chi connectivity index (χ0n) is 23.4. The van der Waals surface area contributed by atoms with Crippen molar-refractivity contribution in [2.45, 2.75) is 52.6 Å². The number of rotatable bonds is 6. The molecule has 0 saturated carbocycles. The molecule has 1 atom stereocenters. The van der Waals surface area contributed by atoms with E-state index in [2.05, 4.69) is 16.5 Å². The van der Waals surface area contributed by atoms with Crippen LogP contribution in [-0.4, -0.2) is 56.6 Å². The van der Waals surface area contributed by atoms with Crippen LogP contribution in [0.2, 0.25) is 0 Å². The van der Waals surface area contributed by atoms with Crippen LogP contribution < -0.4 is 15.5 Å². The minimum absolute atomic E-state index is 0.0442. The molecule has 0 spiro atoms. The smallest absolute Gasteiger partial charge is 0.354 e. The lowest BCUT2D eigenvalue weighted by Gasteiger charge is -2.36. The fourth-order valence-corrected chi connectivity index (χ4v) is 5.96. The number of aromatic nitrogens is 3. The topological polar surface area (TPSA) is 94.8 Å². The average Bonchev–Trinajstić information content (AvgIpc) is 3.31. The van der Waals surface area contributed by atoms with Gasteiger partial charge in [-0.2, -0.15) is 4.98 Å². The van der Waals surface area contributed by atoms with E-state index in [1.807, 2.05) is 43.6 Å². The number of piperazine rings is 1. The van der Waals surface area contributed by atoms with Crippen molar-refractivity contribution in [1.29, 1.82) is 0 Å². The Kier molecular flexibility index (Phi) is 7.35. The van der Waals surface area contributed by atoms with E-state index in [1.54, 1.807) is 15.7 Å². The Morgan fingerprint density at radius 3 is 2.55 bits per heavy atom. The highest BCUT2D eigenvalue weighted by atomic mass is 19.1. The van der Waals surface area contributed by atoms with Gasteiger partial charge < -0.3 is 19.8 Å². The monoisotopic (exact) mass is 546 g/mol. The molecule has 2 aromatic heterocycles. The van der Waals surface area contributed by atoms with E-state index in [4.69, 9.17) is 0 Å². The van der Waals surface area contributed by atoms with Crippen molar-refractivity contribution in [3.05, 3.63) is 81.9 Å². The number of aromatic hydroxyl groups is 1. The molecule has 1 unspecified atom stereocenters. The highest BCUT2D eigenvalue weighted by Gasteiger charge is 2.40. The Morgan fingerprint density at radius 1 is 1.20 bits per heavy atom. The molecule has 0 radical (unpaired) electrons. The highest BCUT2D eigenvalue weighted by Crippen LogP contribution is 2.47.